The number of aromatic nitrogens is 1. The Kier molecular flexibility index (Phi) is 3.94. The average molecular weight is 266 g/mol. The largest absolute Gasteiger partial charge is 0.386 e. The first-order chi connectivity index (χ1) is 8.58. The van der Waals surface area contributed by atoms with Gasteiger partial charge in [-0.25, -0.2) is 4.39 Å². The van der Waals surface area contributed by atoms with Crippen molar-refractivity contribution < 1.29 is 9.50 Å². The number of pyridine rings is 1. The van der Waals surface area contributed by atoms with Gasteiger partial charge < -0.3 is 5.11 Å². The number of hydrogen-bond acceptors (Lipinski definition) is 2. The summed E-state index contributed by atoms with van der Waals surface area (Å²) in [5.74, 6) is -0.481. The number of halogens is 2. The van der Waals surface area contributed by atoms with E-state index in [1.807, 2.05) is 19.1 Å². The molecule has 2 rings (SSSR count). The van der Waals surface area contributed by atoms with E-state index in [0.717, 1.165) is 5.69 Å². The molecule has 1 atom stereocenters. The molecule has 0 amide bonds. The molecule has 0 bridgehead atoms. The number of aliphatic hydroxyl groups excluding tert-OH is 1. The summed E-state index contributed by atoms with van der Waals surface area (Å²) in [6, 6.07) is 10.1. The SMILES string of the molecule is Cc1cccc(C(O)Cc2cccc(Cl)c2F)n1. The number of rotatable bonds is 3. The van der Waals surface area contributed by atoms with Crippen LogP contribution >= 0.6 is 11.6 Å². The van der Waals surface area contributed by atoms with Crippen LogP contribution in [-0.4, -0.2) is 10.1 Å². The van der Waals surface area contributed by atoms with Gasteiger partial charge in [0.2, 0.25) is 0 Å². The van der Waals surface area contributed by atoms with E-state index in [2.05, 4.69) is 4.98 Å². The van der Waals surface area contributed by atoms with Crippen LogP contribution < -0.4 is 0 Å². The minimum Gasteiger partial charge on any atom is -0.386 e. The summed E-state index contributed by atoms with van der Waals surface area (Å²) in [5.41, 5.74) is 1.74. The van der Waals surface area contributed by atoms with E-state index < -0.39 is 11.9 Å². The van der Waals surface area contributed by atoms with Crippen LogP contribution in [0.15, 0.2) is 36.4 Å². The maximum atomic E-state index is 13.7. The predicted molar refractivity (Wildman–Crippen MR) is 69.0 cm³/mol. The van der Waals surface area contributed by atoms with E-state index in [-0.39, 0.29) is 11.4 Å². The number of aliphatic hydroxyl groups is 1. The van der Waals surface area contributed by atoms with Crippen LogP contribution in [0.1, 0.15) is 23.1 Å². The quantitative estimate of drug-likeness (QED) is 0.922. The van der Waals surface area contributed by atoms with Crippen molar-refractivity contribution in [3.8, 4) is 0 Å². The number of nitrogens with zero attached hydrogens (tertiary/aromatic N) is 1. The highest BCUT2D eigenvalue weighted by molar-refractivity contribution is 6.30. The van der Waals surface area contributed by atoms with Gasteiger partial charge in [-0.1, -0.05) is 29.8 Å². The highest BCUT2D eigenvalue weighted by atomic mass is 35.5. The summed E-state index contributed by atoms with van der Waals surface area (Å²) < 4.78 is 13.7. The molecule has 2 nitrogen and oxygen atoms in total. The van der Waals surface area contributed by atoms with Crippen LogP contribution in [0.3, 0.4) is 0 Å². The zero-order valence-electron chi connectivity index (χ0n) is 9.90. The van der Waals surface area contributed by atoms with Gasteiger partial charge in [-0.3, -0.25) is 4.98 Å². The van der Waals surface area contributed by atoms with Gasteiger partial charge in [-0.15, -0.1) is 0 Å². The number of aryl methyl sites for hydroxylation is 1. The lowest BCUT2D eigenvalue weighted by molar-refractivity contribution is 0.172. The Labute approximate surface area is 110 Å². The number of hydrogen-bond donors (Lipinski definition) is 1. The molecule has 0 saturated carbocycles. The molecular weight excluding hydrogens is 253 g/mol. The van der Waals surface area contributed by atoms with Crippen LogP contribution in [0, 0.1) is 12.7 Å². The maximum absolute atomic E-state index is 13.7. The lowest BCUT2D eigenvalue weighted by Crippen LogP contribution is -2.06. The molecule has 1 unspecified atom stereocenters. The van der Waals surface area contributed by atoms with E-state index >= 15 is 0 Å². The van der Waals surface area contributed by atoms with E-state index in [4.69, 9.17) is 11.6 Å². The average Bonchev–Trinajstić information content (AvgIpc) is 2.35. The van der Waals surface area contributed by atoms with Gasteiger partial charge in [0, 0.05) is 12.1 Å². The standard InChI is InChI=1S/C14H13ClFNO/c1-9-4-2-7-12(17-9)13(18)8-10-5-3-6-11(15)14(10)16/h2-7,13,18H,8H2,1H3. The normalized spacial score (nSPS) is 12.4. The Balaban J connectivity index is 2.21. The molecule has 0 fully saturated rings. The lowest BCUT2D eigenvalue weighted by Gasteiger charge is -2.11. The Morgan fingerprint density at radius 1 is 1.28 bits per heavy atom. The van der Waals surface area contributed by atoms with Crippen molar-refractivity contribution in [3.05, 3.63) is 64.2 Å². The minimum absolute atomic E-state index is 0.0666. The zero-order valence-corrected chi connectivity index (χ0v) is 10.7. The van der Waals surface area contributed by atoms with E-state index in [9.17, 15) is 9.50 Å². The van der Waals surface area contributed by atoms with Gasteiger partial charge in [0.1, 0.15) is 11.9 Å². The van der Waals surface area contributed by atoms with Gasteiger partial charge in [0.25, 0.3) is 0 Å². The fourth-order valence-corrected chi connectivity index (χ4v) is 1.96. The molecular formula is C14H13ClFNO. The van der Waals surface area contributed by atoms with Gasteiger partial charge in [-0.2, -0.15) is 0 Å². The molecule has 0 radical (unpaired) electrons. The molecule has 1 heterocycles. The molecule has 1 aromatic heterocycles. The van der Waals surface area contributed by atoms with Crippen molar-refractivity contribution >= 4 is 11.6 Å². The molecule has 1 N–H and O–H groups in total. The van der Waals surface area contributed by atoms with E-state index in [1.165, 1.54) is 6.07 Å². The summed E-state index contributed by atoms with van der Waals surface area (Å²) in [6.45, 7) is 1.84. The van der Waals surface area contributed by atoms with Crippen molar-refractivity contribution in [3.63, 3.8) is 0 Å². The van der Waals surface area contributed by atoms with Crippen molar-refractivity contribution in [2.24, 2.45) is 0 Å². The highest BCUT2D eigenvalue weighted by Crippen LogP contribution is 2.23. The molecule has 4 heteroatoms. The third-order valence-electron chi connectivity index (χ3n) is 2.70. The van der Waals surface area contributed by atoms with Gasteiger partial charge >= 0.3 is 0 Å². The van der Waals surface area contributed by atoms with Gasteiger partial charge in [-0.05, 0) is 30.7 Å². The van der Waals surface area contributed by atoms with Crippen LogP contribution in [0.25, 0.3) is 0 Å². The van der Waals surface area contributed by atoms with Crippen LogP contribution in [0.2, 0.25) is 5.02 Å². The second kappa shape index (κ2) is 5.46. The smallest absolute Gasteiger partial charge is 0.145 e. The second-order valence-corrected chi connectivity index (χ2v) is 4.54. The van der Waals surface area contributed by atoms with Crippen LogP contribution in [-0.2, 0) is 6.42 Å². The monoisotopic (exact) mass is 265 g/mol. The van der Waals surface area contributed by atoms with Crippen molar-refractivity contribution in [1.29, 1.82) is 0 Å². The van der Waals surface area contributed by atoms with E-state index in [0.29, 0.717) is 11.3 Å². The van der Waals surface area contributed by atoms with E-state index in [1.54, 1.807) is 18.2 Å². The topological polar surface area (TPSA) is 33.1 Å². The molecule has 0 aliphatic heterocycles. The Morgan fingerprint density at radius 3 is 2.72 bits per heavy atom. The fourth-order valence-electron chi connectivity index (χ4n) is 1.77. The predicted octanol–water partition coefficient (Wildman–Crippen LogP) is 3.46. The summed E-state index contributed by atoms with van der Waals surface area (Å²) in [7, 11) is 0. The molecule has 0 aliphatic rings. The maximum Gasteiger partial charge on any atom is 0.145 e. The van der Waals surface area contributed by atoms with Crippen molar-refractivity contribution in [2.45, 2.75) is 19.4 Å². The molecule has 0 saturated heterocycles. The van der Waals surface area contributed by atoms with Crippen molar-refractivity contribution in [2.75, 3.05) is 0 Å². The molecule has 0 spiro atoms. The highest BCUT2D eigenvalue weighted by Gasteiger charge is 2.14. The second-order valence-electron chi connectivity index (χ2n) is 4.14. The fraction of sp³-hybridized carbons (Fsp3) is 0.214. The first-order valence-corrected chi connectivity index (χ1v) is 6.00. The van der Waals surface area contributed by atoms with Crippen LogP contribution in [0.4, 0.5) is 4.39 Å². The zero-order chi connectivity index (χ0) is 13.1. The minimum atomic E-state index is -0.835. The number of benzene rings is 1. The lowest BCUT2D eigenvalue weighted by atomic mass is 10.0. The first-order valence-electron chi connectivity index (χ1n) is 5.62. The summed E-state index contributed by atoms with van der Waals surface area (Å²) in [4.78, 5) is 4.22. The van der Waals surface area contributed by atoms with Crippen molar-refractivity contribution in [1.82, 2.24) is 4.98 Å². The molecule has 18 heavy (non-hydrogen) atoms. The summed E-state index contributed by atoms with van der Waals surface area (Å²) >= 11 is 5.70. The summed E-state index contributed by atoms with van der Waals surface area (Å²) in [5, 5.41) is 10.1. The Bertz CT molecular complexity index is 559. The molecule has 1 aromatic carbocycles. The summed E-state index contributed by atoms with van der Waals surface area (Å²) in [6.07, 6.45) is -0.680. The molecule has 0 aliphatic carbocycles. The molecule has 94 valence electrons. The van der Waals surface area contributed by atoms with Crippen LogP contribution in [0.5, 0.6) is 0 Å². The Morgan fingerprint density at radius 2 is 2.00 bits per heavy atom. The third kappa shape index (κ3) is 2.86. The van der Waals surface area contributed by atoms with Gasteiger partial charge in [0.15, 0.2) is 0 Å². The first kappa shape index (κ1) is 13.0. The van der Waals surface area contributed by atoms with Gasteiger partial charge in [0.05, 0.1) is 10.7 Å². The molecule has 2 aromatic rings. The Hall–Kier alpha value is -1.45. The third-order valence-corrected chi connectivity index (χ3v) is 2.99.